The number of nitrogens with one attached hydrogen (secondary N) is 1. The first-order chi connectivity index (χ1) is 14.5. The lowest BCUT2D eigenvalue weighted by atomic mass is 10.1. The average Bonchev–Trinajstić information content (AvgIpc) is 2.79. The number of amides is 1. The van der Waals surface area contributed by atoms with Crippen molar-refractivity contribution in [3.05, 3.63) is 48.5 Å². The summed E-state index contributed by atoms with van der Waals surface area (Å²) < 4.78 is 32.2. The first kappa shape index (κ1) is 20.5. The zero-order valence-electron chi connectivity index (χ0n) is 17.1. The van der Waals surface area contributed by atoms with Crippen LogP contribution >= 0.6 is 0 Å². The molecule has 0 radical (unpaired) electrons. The summed E-state index contributed by atoms with van der Waals surface area (Å²) in [6, 6.07) is 14.6. The van der Waals surface area contributed by atoms with Crippen molar-refractivity contribution in [2.24, 2.45) is 0 Å². The Morgan fingerprint density at radius 3 is 2.47 bits per heavy atom. The average molecular weight is 430 g/mol. The first-order valence-electron chi connectivity index (χ1n) is 10.4. The van der Waals surface area contributed by atoms with Crippen LogP contribution in [-0.2, 0) is 14.8 Å². The van der Waals surface area contributed by atoms with Gasteiger partial charge in [0.15, 0.2) is 6.10 Å². The van der Waals surface area contributed by atoms with Crippen LogP contribution in [0.4, 0.5) is 17.1 Å². The van der Waals surface area contributed by atoms with Gasteiger partial charge in [0, 0.05) is 24.5 Å². The lowest BCUT2D eigenvalue weighted by Crippen LogP contribution is -2.49. The van der Waals surface area contributed by atoms with Gasteiger partial charge in [-0.2, -0.15) is 0 Å². The van der Waals surface area contributed by atoms with Crippen LogP contribution in [0.2, 0.25) is 0 Å². The van der Waals surface area contributed by atoms with Gasteiger partial charge in [0.2, 0.25) is 10.0 Å². The van der Waals surface area contributed by atoms with E-state index in [9.17, 15) is 13.2 Å². The van der Waals surface area contributed by atoms with Crippen LogP contribution in [0, 0.1) is 0 Å². The number of hydrogen-bond acceptors (Lipinski definition) is 5. The highest BCUT2D eigenvalue weighted by molar-refractivity contribution is 7.92. The van der Waals surface area contributed by atoms with Crippen molar-refractivity contribution in [1.29, 1.82) is 0 Å². The molecule has 2 aromatic rings. The van der Waals surface area contributed by atoms with E-state index in [1.807, 2.05) is 24.3 Å². The molecule has 160 valence electrons. The first-order valence-corrected chi connectivity index (χ1v) is 12.0. The summed E-state index contributed by atoms with van der Waals surface area (Å²) in [7, 11) is -3.52. The molecule has 4 rings (SSSR count). The van der Waals surface area contributed by atoms with E-state index in [-0.39, 0.29) is 18.2 Å². The van der Waals surface area contributed by atoms with Crippen LogP contribution in [-0.4, -0.2) is 45.8 Å². The van der Waals surface area contributed by atoms with Gasteiger partial charge >= 0.3 is 0 Å². The minimum Gasteiger partial charge on any atom is -0.476 e. The Balaban J connectivity index is 1.48. The summed E-state index contributed by atoms with van der Waals surface area (Å²) in [4.78, 5) is 15.2. The van der Waals surface area contributed by atoms with E-state index < -0.39 is 16.1 Å². The number of carbonyl (C=O) groups excluding carboxylic acids is 1. The van der Waals surface area contributed by atoms with Crippen molar-refractivity contribution in [2.75, 3.05) is 39.9 Å². The lowest BCUT2D eigenvalue weighted by molar-refractivity contribution is -0.122. The van der Waals surface area contributed by atoms with E-state index >= 15 is 0 Å². The molecule has 8 heteroatoms. The van der Waals surface area contributed by atoms with E-state index in [0.717, 1.165) is 18.8 Å². The Morgan fingerprint density at radius 2 is 1.77 bits per heavy atom. The topological polar surface area (TPSA) is 79.0 Å². The third-order valence-corrected chi connectivity index (χ3v) is 7.33. The molecule has 0 aromatic heterocycles. The van der Waals surface area contributed by atoms with E-state index in [1.54, 1.807) is 31.2 Å². The van der Waals surface area contributed by atoms with Gasteiger partial charge < -0.3 is 15.0 Å². The van der Waals surface area contributed by atoms with Gasteiger partial charge in [-0.3, -0.25) is 9.10 Å². The van der Waals surface area contributed by atoms with Crippen LogP contribution < -0.4 is 19.3 Å². The fraction of sp³-hybridized carbons (Fsp3) is 0.409. The van der Waals surface area contributed by atoms with E-state index in [0.29, 0.717) is 17.1 Å². The van der Waals surface area contributed by atoms with Gasteiger partial charge in [0.25, 0.3) is 5.91 Å². The zero-order valence-corrected chi connectivity index (χ0v) is 17.9. The van der Waals surface area contributed by atoms with Gasteiger partial charge in [-0.15, -0.1) is 0 Å². The van der Waals surface area contributed by atoms with Gasteiger partial charge in [-0.1, -0.05) is 12.1 Å². The number of ether oxygens (including phenoxy) is 1. The Hall–Kier alpha value is -2.74. The molecule has 2 heterocycles. The van der Waals surface area contributed by atoms with E-state index in [2.05, 4.69) is 10.2 Å². The lowest BCUT2D eigenvalue weighted by Gasteiger charge is -2.34. The normalized spacial score (nSPS) is 19.0. The smallest absolute Gasteiger partial charge is 0.267 e. The van der Waals surface area contributed by atoms with Crippen LogP contribution in [0.25, 0.3) is 0 Å². The summed E-state index contributed by atoms with van der Waals surface area (Å²) in [6.07, 6.45) is 2.76. The number of para-hydroxylation sites is 2. The predicted molar refractivity (Wildman–Crippen MR) is 119 cm³/mol. The molecule has 0 bridgehead atoms. The number of piperidine rings is 1. The maximum atomic E-state index is 12.9. The number of hydrogen-bond donors (Lipinski definition) is 1. The molecule has 0 saturated carbocycles. The van der Waals surface area contributed by atoms with Crippen molar-refractivity contribution in [3.8, 4) is 5.75 Å². The van der Waals surface area contributed by atoms with Crippen LogP contribution in [0.5, 0.6) is 5.75 Å². The molecule has 1 amide bonds. The number of rotatable bonds is 5. The van der Waals surface area contributed by atoms with Crippen molar-refractivity contribution in [3.63, 3.8) is 0 Å². The maximum Gasteiger partial charge on any atom is 0.267 e. The number of sulfonamides is 1. The minimum absolute atomic E-state index is 0.0480. The van der Waals surface area contributed by atoms with E-state index in [1.165, 1.54) is 23.6 Å². The van der Waals surface area contributed by atoms with Gasteiger partial charge in [0.1, 0.15) is 5.75 Å². The van der Waals surface area contributed by atoms with Crippen LogP contribution in [0.3, 0.4) is 0 Å². The number of benzene rings is 2. The highest BCUT2D eigenvalue weighted by Crippen LogP contribution is 2.35. The molecule has 2 aliphatic heterocycles. The molecular formula is C22H27N3O4S. The molecule has 7 nitrogen and oxygen atoms in total. The fourth-order valence-corrected chi connectivity index (χ4v) is 5.01. The highest BCUT2D eigenvalue weighted by atomic mass is 32.2. The molecule has 1 fully saturated rings. The molecule has 1 atom stereocenters. The number of anilines is 3. The second kappa shape index (κ2) is 8.55. The monoisotopic (exact) mass is 429 g/mol. The van der Waals surface area contributed by atoms with E-state index in [4.69, 9.17) is 4.74 Å². The largest absolute Gasteiger partial charge is 0.476 e. The number of nitrogens with zero attached hydrogens (tertiary/aromatic N) is 2. The molecule has 1 N–H and O–H groups in total. The van der Waals surface area contributed by atoms with Crippen molar-refractivity contribution < 1.29 is 17.9 Å². The Labute approximate surface area is 177 Å². The third-order valence-electron chi connectivity index (χ3n) is 5.58. The second-order valence-corrected chi connectivity index (χ2v) is 9.77. The Kier molecular flexibility index (Phi) is 5.85. The van der Waals surface area contributed by atoms with Gasteiger partial charge in [-0.25, -0.2) is 8.42 Å². The summed E-state index contributed by atoms with van der Waals surface area (Å²) in [5.41, 5.74) is 2.28. The SMILES string of the molecule is CCS(=O)(=O)N1C[C@H](C(=O)Nc2ccc(N3CCCCC3)cc2)Oc2ccccc21. The Morgan fingerprint density at radius 1 is 1.07 bits per heavy atom. The summed E-state index contributed by atoms with van der Waals surface area (Å²) in [5.74, 6) is -0.0268. The van der Waals surface area contributed by atoms with Crippen molar-refractivity contribution in [2.45, 2.75) is 32.3 Å². The molecule has 1 saturated heterocycles. The zero-order chi connectivity index (χ0) is 21.1. The summed E-state index contributed by atoms with van der Waals surface area (Å²) >= 11 is 0. The fourth-order valence-electron chi connectivity index (χ4n) is 3.89. The van der Waals surface area contributed by atoms with Crippen molar-refractivity contribution in [1.82, 2.24) is 0 Å². The highest BCUT2D eigenvalue weighted by Gasteiger charge is 2.35. The summed E-state index contributed by atoms with van der Waals surface area (Å²) in [5, 5.41) is 2.86. The molecule has 30 heavy (non-hydrogen) atoms. The minimum atomic E-state index is -3.52. The Bertz CT molecular complexity index is 1000. The van der Waals surface area contributed by atoms with Crippen molar-refractivity contribution >= 4 is 33.0 Å². The maximum absolute atomic E-state index is 12.9. The molecule has 0 aliphatic carbocycles. The second-order valence-electron chi connectivity index (χ2n) is 7.59. The molecular weight excluding hydrogens is 402 g/mol. The molecule has 2 aromatic carbocycles. The number of carbonyl (C=O) groups is 1. The molecule has 0 spiro atoms. The molecule has 0 unspecified atom stereocenters. The van der Waals surface area contributed by atoms with Gasteiger partial charge in [-0.05, 0) is 62.6 Å². The molecule has 2 aliphatic rings. The van der Waals surface area contributed by atoms with Gasteiger partial charge in [0.05, 0.1) is 18.0 Å². The quantitative estimate of drug-likeness (QED) is 0.789. The van der Waals surface area contributed by atoms with Crippen LogP contribution in [0.1, 0.15) is 26.2 Å². The number of fused-ring (bicyclic) bond motifs is 1. The standard InChI is InChI=1S/C22H27N3O4S/c1-2-30(27,28)25-16-21(29-20-9-5-4-8-19(20)25)22(26)23-17-10-12-18(13-11-17)24-14-6-3-7-15-24/h4-5,8-13,21H,2-3,6-7,14-16H2,1H3,(H,23,26)/t21-/m1/s1. The summed E-state index contributed by atoms with van der Waals surface area (Å²) in [6.45, 7) is 3.66. The third kappa shape index (κ3) is 4.23. The van der Waals surface area contributed by atoms with Crippen LogP contribution in [0.15, 0.2) is 48.5 Å². The predicted octanol–water partition coefficient (Wildman–Crippen LogP) is 3.23.